The molecule has 22 heavy (non-hydrogen) atoms. The van der Waals surface area contributed by atoms with Crippen molar-refractivity contribution in [3.05, 3.63) is 35.6 Å². The number of hydrogen-bond acceptors (Lipinski definition) is 3. The minimum atomic E-state index is -3.18. The molecule has 0 aliphatic carbocycles. The molecule has 1 N–H and O–H groups in total. The zero-order valence-electron chi connectivity index (χ0n) is 13.4. The predicted octanol–water partition coefficient (Wildman–Crippen LogP) is 2.36. The van der Waals surface area contributed by atoms with Crippen molar-refractivity contribution in [2.24, 2.45) is 5.92 Å². The smallest absolute Gasteiger partial charge is 0.216 e. The normalized spacial score (nSPS) is 23.9. The summed E-state index contributed by atoms with van der Waals surface area (Å²) in [4.78, 5) is 0. The summed E-state index contributed by atoms with van der Waals surface area (Å²) in [6.07, 6.45) is 0.752. The number of hydrogen-bond donors (Lipinski definition) is 1. The molecule has 124 valence electrons. The van der Waals surface area contributed by atoms with Crippen LogP contribution >= 0.6 is 0 Å². The lowest BCUT2D eigenvalue weighted by Gasteiger charge is -2.37. The molecule has 0 spiro atoms. The zero-order chi connectivity index (χ0) is 16.3. The Kier molecular flexibility index (Phi) is 5.58. The van der Waals surface area contributed by atoms with Gasteiger partial charge in [0.05, 0.1) is 5.25 Å². The second kappa shape index (κ2) is 7.06. The summed E-state index contributed by atoms with van der Waals surface area (Å²) >= 11 is 0. The topological polar surface area (TPSA) is 49.4 Å². The maximum atomic E-state index is 13.6. The summed E-state index contributed by atoms with van der Waals surface area (Å²) in [6, 6.07) is 6.93. The number of halogens is 1. The first-order chi connectivity index (χ1) is 10.3. The maximum Gasteiger partial charge on any atom is 0.216 e. The van der Waals surface area contributed by atoms with E-state index in [4.69, 9.17) is 0 Å². The molecule has 1 aliphatic rings. The maximum absolute atomic E-state index is 13.6. The minimum Gasteiger partial charge on any atom is -0.309 e. The van der Waals surface area contributed by atoms with Crippen molar-refractivity contribution in [1.82, 2.24) is 9.62 Å². The van der Waals surface area contributed by atoms with E-state index in [1.165, 1.54) is 6.07 Å². The monoisotopic (exact) mass is 328 g/mol. The van der Waals surface area contributed by atoms with Crippen LogP contribution in [0.25, 0.3) is 0 Å². The fourth-order valence-electron chi connectivity index (χ4n) is 2.82. The van der Waals surface area contributed by atoms with E-state index in [9.17, 15) is 12.8 Å². The van der Waals surface area contributed by atoms with Crippen LogP contribution in [0.1, 0.15) is 32.8 Å². The van der Waals surface area contributed by atoms with Crippen molar-refractivity contribution in [2.75, 3.05) is 13.1 Å². The van der Waals surface area contributed by atoms with Crippen LogP contribution in [-0.4, -0.2) is 37.1 Å². The fraction of sp³-hybridized carbons (Fsp3) is 0.625. The Morgan fingerprint density at radius 3 is 2.64 bits per heavy atom. The summed E-state index contributed by atoms with van der Waals surface area (Å²) in [6.45, 7) is 6.99. The van der Waals surface area contributed by atoms with E-state index in [0.717, 1.165) is 6.42 Å². The molecule has 1 fully saturated rings. The van der Waals surface area contributed by atoms with E-state index < -0.39 is 10.0 Å². The quantitative estimate of drug-likeness (QED) is 0.903. The fourth-order valence-corrected chi connectivity index (χ4v) is 4.22. The third kappa shape index (κ3) is 3.86. The minimum absolute atomic E-state index is 0.203. The largest absolute Gasteiger partial charge is 0.309 e. The molecule has 0 aromatic heterocycles. The second-order valence-corrected chi connectivity index (χ2v) is 8.79. The van der Waals surface area contributed by atoms with Crippen molar-refractivity contribution in [3.63, 3.8) is 0 Å². The van der Waals surface area contributed by atoms with Gasteiger partial charge in [0.1, 0.15) is 5.82 Å². The second-order valence-electron chi connectivity index (χ2n) is 6.30. The van der Waals surface area contributed by atoms with Crippen molar-refractivity contribution in [2.45, 2.75) is 45.0 Å². The van der Waals surface area contributed by atoms with Gasteiger partial charge >= 0.3 is 0 Å². The van der Waals surface area contributed by atoms with Crippen LogP contribution < -0.4 is 5.32 Å². The molecule has 1 aromatic rings. The molecule has 1 saturated heterocycles. The SMILES string of the molecule is CC1CN(S(=O)(=O)C(C)C)CCC1NCc1ccccc1F. The van der Waals surface area contributed by atoms with Crippen molar-refractivity contribution >= 4 is 10.0 Å². The number of rotatable bonds is 5. The third-order valence-corrected chi connectivity index (χ3v) is 6.58. The molecule has 6 heteroatoms. The molecule has 0 radical (unpaired) electrons. The Morgan fingerprint density at radius 2 is 2.05 bits per heavy atom. The van der Waals surface area contributed by atoms with Gasteiger partial charge in [0.2, 0.25) is 10.0 Å². The van der Waals surface area contributed by atoms with Crippen LogP contribution in [0.4, 0.5) is 4.39 Å². The lowest BCUT2D eigenvalue weighted by atomic mass is 9.95. The van der Waals surface area contributed by atoms with Crippen molar-refractivity contribution in [3.8, 4) is 0 Å². The molecular weight excluding hydrogens is 303 g/mol. The highest BCUT2D eigenvalue weighted by Gasteiger charge is 2.33. The Balaban J connectivity index is 1.93. The van der Waals surface area contributed by atoms with Crippen LogP contribution in [0, 0.1) is 11.7 Å². The molecule has 2 atom stereocenters. The Morgan fingerprint density at radius 1 is 1.36 bits per heavy atom. The molecule has 1 aromatic carbocycles. The van der Waals surface area contributed by atoms with Gasteiger partial charge < -0.3 is 5.32 Å². The molecule has 4 nitrogen and oxygen atoms in total. The zero-order valence-corrected chi connectivity index (χ0v) is 14.2. The van der Waals surface area contributed by atoms with Crippen LogP contribution in [0.2, 0.25) is 0 Å². The van der Waals surface area contributed by atoms with E-state index in [1.807, 2.05) is 13.0 Å². The van der Waals surface area contributed by atoms with Crippen LogP contribution in [0.5, 0.6) is 0 Å². The molecule has 2 unspecified atom stereocenters. The molecule has 1 aliphatic heterocycles. The van der Waals surface area contributed by atoms with Gasteiger partial charge in [-0.25, -0.2) is 17.1 Å². The first-order valence-corrected chi connectivity index (χ1v) is 9.28. The van der Waals surface area contributed by atoms with Crippen molar-refractivity contribution < 1.29 is 12.8 Å². The van der Waals surface area contributed by atoms with Crippen molar-refractivity contribution in [1.29, 1.82) is 0 Å². The van der Waals surface area contributed by atoms with Gasteiger partial charge in [-0.3, -0.25) is 0 Å². The first kappa shape index (κ1) is 17.4. The Bertz CT molecular complexity index is 604. The van der Waals surface area contributed by atoms with E-state index in [-0.39, 0.29) is 23.0 Å². The first-order valence-electron chi connectivity index (χ1n) is 7.78. The van der Waals surface area contributed by atoms with E-state index in [0.29, 0.717) is 25.2 Å². The summed E-state index contributed by atoms with van der Waals surface area (Å²) < 4.78 is 39.6. The van der Waals surface area contributed by atoms with Crippen LogP contribution in [0.15, 0.2) is 24.3 Å². The van der Waals surface area contributed by atoms with Gasteiger partial charge in [-0.2, -0.15) is 0 Å². The number of benzene rings is 1. The molecule has 2 rings (SSSR count). The summed E-state index contributed by atoms with van der Waals surface area (Å²) in [5, 5.41) is 2.98. The number of sulfonamides is 1. The van der Waals surface area contributed by atoms with Gasteiger partial charge in [0.15, 0.2) is 0 Å². The van der Waals surface area contributed by atoms with E-state index in [1.54, 1.807) is 30.3 Å². The molecule has 0 saturated carbocycles. The summed E-state index contributed by atoms with van der Waals surface area (Å²) in [5.41, 5.74) is 0.645. The van der Waals surface area contributed by atoms with E-state index in [2.05, 4.69) is 5.32 Å². The summed E-state index contributed by atoms with van der Waals surface area (Å²) in [5.74, 6) is -0.00322. The van der Waals surface area contributed by atoms with Crippen LogP contribution in [0.3, 0.4) is 0 Å². The standard InChI is InChI=1S/C16H25FN2O2S/c1-12(2)22(20,21)19-9-8-16(13(3)11-19)18-10-14-6-4-5-7-15(14)17/h4-7,12-13,16,18H,8-11H2,1-3H3. The lowest BCUT2D eigenvalue weighted by Crippen LogP contribution is -2.51. The Labute approximate surface area is 132 Å². The van der Waals surface area contributed by atoms with Gasteiger partial charge in [-0.05, 0) is 32.3 Å². The van der Waals surface area contributed by atoms with Gasteiger partial charge in [-0.1, -0.05) is 25.1 Å². The van der Waals surface area contributed by atoms with Gasteiger partial charge in [-0.15, -0.1) is 0 Å². The molecule has 0 bridgehead atoms. The van der Waals surface area contributed by atoms with Gasteiger partial charge in [0.25, 0.3) is 0 Å². The number of nitrogens with zero attached hydrogens (tertiary/aromatic N) is 1. The summed E-state index contributed by atoms with van der Waals surface area (Å²) in [7, 11) is -3.18. The highest BCUT2D eigenvalue weighted by molar-refractivity contribution is 7.89. The average molecular weight is 328 g/mol. The third-order valence-electron chi connectivity index (χ3n) is 4.34. The Hall–Kier alpha value is -0.980. The van der Waals surface area contributed by atoms with Gasteiger partial charge in [0, 0.05) is 31.2 Å². The average Bonchev–Trinajstić information content (AvgIpc) is 2.47. The number of nitrogens with one attached hydrogen (secondary N) is 1. The highest BCUT2D eigenvalue weighted by atomic mass is 32.2. The molecule has 1 heterocycles. The van der Waals surface area contributed by atoms with E-state index >= 15 is 0 Å². The lowest BCUT2D eigenvalue weighted by molar-refractivity contribution is 0.218. The van der Waals surface area contributed by atoms with Crippen LogP contribution in [-0.2, 0) is 16.6 Å². The molecule has 0 amide bonds. The predicted molar refractivity (Wildman–Crippen MR) is 86.4 cm³/mol. The molecular formula is C16H25FN2O2S. The number of piperidine rings is 1. The highest BCUT2D eigenvalue weighted by Crippen LogP contribution is 2.22.